The van der Waals surface area contributed by atoms with Crippen molar-refractivity contribution in [1.82, 2.24) is 9.80 Å². The molecule has 14 heavy (non-hydrogen) atoms. The number of likely N-dealkylation sites (N-methyl/N-ethyl adjacent to an activating group) is 2. The molecule has 0 aromatic heterocycles. The Balaban J connectivity index is 2.52. The fourth-order valence-corrected chi connectivity index (χ4v) is 1.99. The van der Waals surface area contributed by atoms with Gasteiger partial charge in [-0.1, -0.05) is 0 Å². The number of hydrogen-bond donors (Lipinski definition) is 0. The molecule has 0 aromatic carbocycles. The molecule has 0 saturated heterocycles. The van der Waals surface area contributed by atoms with E-state index in [2.05, 4.69) is 23.7 Å². The Labute approximate surface area is 85.8 Å². The van der Waals surface area contributed by atoms with Crippen LogP contribution in [0.2, 0.25) is 0 Å². The van der Waals surface area contributed by atoms with Crippen LogP contribution in [-0.4, -0.2) is 56.2 Å². The van der Waals surface area contributed by atoms with Crippen LogP contribution in [0.15, 0.2) is 0 Å². The summed E-state index contributed by atoms with van der Waals surface area (Å²) >= 11 is 0. The Kier molecular flexibility index (Phi) is 3.37. The van der Waals surface area contributed by atoms with Gasteiger partial charge >= 0.3 is 6.09 Å². The van der Waals surface area contributed by atoms with Crippen molar-refractivity contribution in [2.45, 2.75) is 24.8 Å². The van der Waals surface area contributed by atoms with E-state index < -0.39 is 0 Å². The van der Waals surface area contributed by atoms with Crippen molar-refractivity contribution in [3.05, 3.63) is 0 Å². The zero-order valence-corrected chi connectivity index (χ0v) is 9.54. The topological polar surface area (TPSA) is 32.8 Å². The molecule has 0 unspecified atom stereocenters. The van der Waals surface area contributed by atoms with Crippen LogP contribution in [0, 0.1) is 0 Å². The maximum Gasteiger partial charge on any atom is 0.409 e. The highest BCUT2D eigenvalue weighted by molar-refractivity contribution is 5.67. The van der Waals surface area contributed by atoms with Gasteiger partial charge in [-0.05, 0) is 33.4 Å². The van der Waals surface area contributed by atoms with Gasteiger partial charge in [-0.15, -0.1) is 0 Å². The second kappa shape index (κ2) is 4.17. The van der Waals surface area contributed by atoms with E-state index in [0.717, 1.165) is 6.54 Å². The minimum atomic E-state index is -0.252. The van der Waals surface area contributed by atoms with Crippen LogP contribution in [0.3, 0.4) is 0 Å². The molecule has 4 nitrogen and oxygen atoms in total. The highest BCUT2D eigenvalue weighted by Crippen LogP contribution is 2.36. The van der Waals surface area contributed by atoms with E-state index in [-0.39, 0.29) is 11.6 Å². The van der Waals surface area contributed by atoms with Gasteiger partial charge in [0.1, 0.15) is 0 Å². The fraction of sp³-hybridized carbons (Fsp3) is 0.900. The molecule has 1 saturated carbocycles. The molecule has 0 N–H and O–H groups in total. The molecule has 1 aliphatic carbocycles. The molecule has 4 heteroatoms. The lowest BCUT2D eigenvalue weighted by Gasteiger charge is -2.48. The Morgan fingerprint density at radius 1 is 1.36 bits per heavy atom. The summed E-state index contributed by atoms with van der Waals surface area (Å²) in [5, 5.41) is 0. The van der Waals surface area contributed by atoms with Crippen molar-refractivity contribution in [2.75, 3.05) is 34.8 Å². The predicted octanol–water partition coefficient (Wildman–Crippen LogP) is 1.17. The minimum Gasteiger partial charge on any atom is -0.453 e. The molecule has 0 bridgehead atoms. The Morgan fingerprint density at radius 3 is 2.21 bits per heavy atom. The number of methoxy groups -OCH3 is 1. The van der Waals surface area contributed by atoms with Crippen LogP contribution in [0.5, 0.6) is 0 Å². The highest BCUT2D eigenvalue weighted by atomic mass is 16.5. The van der Waals surface area contributed by atoms with Gasteiger partial charge < -0.3 is 14.5 Å². The van der Waals surface area contributed by atoms with Gasteiger partial charge in [-0.25, -0.2) is 4.79 Å². The van der Waals surface area contributed by atoms with Gasteiger partial charge in [0.25, 0.3) is 0 Å². The molecule has 0 atom stereocenters. The van der Waals surface area contributed by atoms with Crippen molar-refractivity contribution in [3.63, 3.8) is 0 Å². The summed E-state index contributed by atoms with van der Waals surface area (Å²) < 4.78 is 4.67. The minimum absolute atomic E-state index is 0.183. The van der Waals surface area contributed by atoms with E-state index in [1.165, 1.54) is 26.4 Å². The van der Waals surface area contributed by atoms with Gasteiger partial charge in [-0.2, -0.15) is 0 Å². The summed E-state index contributed by atoms with van der Waals surface area (Å²) in [5.41, 5.74) is 0.183. The summed E-state index contributed by atoms with van der Waals surface area (Å²) in [6.07, 6.45) is 3.34. The number of rotatable bonds is 3. The van der Waals surface area contributed by atoms with Gasteiger partial charge in [-0.3, -0.25) is 0 Å². The van der Waals surface area contributed by atoms with Crippen LogP contribution in [0.1, 0.15) is 19.3 Å². The van der Waals surface area contributed by atoms with E-state index in [1.54, 1.807) is 11.9 Å². The molecule has 0 heterocycles. The Bertz CT molecular complexity index is 212. The van der Waals surface area contributed by atoms with E-state index in [1.807, 2.05) is 0 Å². The van der Waals surface area contributed by atoms with Gasteiger partial charge in [0.15, 0.2) is 0 Å². The van der Waals surface area contributed by atoms with Crippen molar-refractivity contribution < 1.29 is 9.53 Å². The first-order valence-corrected chi connectivity index (χ1v) is 4.98. The average Bonchev–Trinajstić information content (AvgIpc) is 2.08. The second-order valence-electron chi connectivity index (χ2n) is 4.30. The predicted molar refractivity (Wildman–Crippen MR) is 55.3 cm³/mol. The van der Waals surface area contributed by atoms with Crippen LogP contribution in [0.4, 0.5) is 4.79 Å². The van der Waals surface area contributed by atoms with E-state index in [4.69, 9.17) is 0 Å². The largest absolute Gasteiger partial charge is 0.453 e. The zero-order valence-electron chi connectivity index (χ0n) is 9.54. The third-order valence-corrected chi connectivity index (χ3v) is 3.25. The number of carbonyl (C=O) groups is 1. The number of amides is 1. The molecule has 0 radical (unpaired) electrons. The van der Waals surface area contributed by atoms with Gasteiger partial charge in [0, 0.05) is 19.1 Å². The standard InChI is InChI=1S/C10H20N2O2/c1-11(2)10(6-5-7-10)8-12(3)9(13)14-4/h5-8H2,1-4H3. The van der Waals surface area contributed by atoms with E-state index in [0.29, 0.717) is 0 Å². The second-order valence-corrected chi connectivity index (χ2v) is 4.30. The first kappa shape index (κ1) is 11.3. The van der Waals surface area contributed by atoms with E-state index >= 15 is 0 Å². The molecule has 0 aliphatic heterocycles. The third kappa shape index (κ3) is 2.00. The lowest BCUT2D eigenvalue weighted by molar-refractivity contribution is 0.0263. The number of nitrogens with zero attached hydrogens (tertiary/aromatic N) is 2. The Morgan fingerprint density at radius 2 is 1.93 bits per heavy atom. The van der Waals surface area contributed by atoms with Crippen LogP contribution in [0.25, 0.3) is 0 Å². The molecule has 1 aliphatic rings. The van der Waals surface area contributed by atoms with Gasteiger partial charge in [0.2, 0.25) is 0 Å². The highest BCUT2D eigenvalue weighted by Gasteiger charge is 2.40. The zero-order chi connectivity index (χ0) is 10.8. The maximum absolute atomic E-state index is 11.2. The lowest BCUT2D eigenvalue weighted by Crippen LogP contribution is -2.57. The average molecular weight is 200 g/mol. The third-order valence-electron chi connectivity index (χ3n) is 3.25. The number of carbonyl (C=O) groups excluding carboxylic acids is 1. The SMILES string of the molecule is COC(=O)N(C)CC1(N(C)C)CCC1. The summed E-state index contributed by atoms with van der Waals surface area (Å²) in [5.74, 6) is 0. The summed E-state index contributed by atoms with van der Waals surface area (Å²) in [4.78, 5) is 15.1. The van der Waals surface area contributed by atoms with Crippen molar-refractivity contribution in [3.8, 4) is 0 Å². The quantitative estimate of drug-likeness (QED) is 0.685. The normalized spacial score (nSPS) is 18.9. The molecule has 1 fully saturated rings. The van der Waals surface area contributed by atoms with Gasteiger partial charge in [0.05, 0.1) is 7.11 Å². The summed E-state index contributed by atoms with van der Waals surface area (Å²) in [7, 11) is 7.35. The van der Waals surface area contributed by atoms with E-state index in [9.17, 15) is 4.79 Å². The Hall–Kier alpha value is -0.770. The van der Waals surface area contributed by atoms with Crippen molar-refractivity contribution in [1.29, 1.82) is 0 Å². The van der Waals surface area contributed by atoms with Crippen molar-refractivity contribution in [2.24, 2.45) is 0 Å². The molecule has 0 aromatic rings. The number of hydrogen-bond acceptors (Lipinski definition) is 3. The van der Waals surface area contributed by atoms with Crippen LogP contribution in [-0.2, 0) is 4.74 Å². The maximum atomic E-state index is 11.2. The lowest BCUT2D eigenvalue weighted by atomic mass is 9.75. The summed E-state index contributed by atoms with van der Waals surface area (Å²) in [6.45, 7) is 0.757. The monoisotopic (exact) mass is 200 g/mol. The smallest absolute Gasteiger partial charge is 0.409 e. The number of ether oxygens (including phenoxy) is 1. The first-order valence-electron chi connectivity index (χ1n) is 4.98. The molecule has 1 rings (SSSR count). The molecule has 0 spiro atoms. The molecular weight excluding hydrogens is 180 g/mol. The summed E-state index contributed by atoms with van der Waals surface area (Å²) in [6, 6.07) is 0. The fourth-order valence-electron chi connectivity index (χ4n) is 1.99. The molecular formula is C10H20N2O2. The first-order chi connectivity index (χ1) is 6.52. The van der Waals surface area contributed by atoms with Crippen LogP contribution < -0.4 is 0 Å². The van der Waals surface area contributed by atoms with Crippen LogP contribution >= 0.6 is 0 Å². The molecule has 1 amide bonds. The van der Waals surface area contributed by atoms with Crippen molar-refractivity contribution >= 4 is 6.09 Å². The molecule has 82 valence electrons.